The highest BCUT2D eigenvalue weighted by Gasteiger charge is 2.22. The van der Waals surface area contributed by atoms with E-state index in [1.54, 1.807) is 29.2 Å². The molecule has 4 rings (SSSR count). The van der Waals surface area contributed by atoms with Crippen molar-refractivity contribution in [3.05, 3.63) is 125 Å². The van der Waals surface area contributed by atoms with Gasteiger partial charge in [0.1, 0.15) is 5.75 Å². The standard InChI is InChI=1S/C35H36N2O5/c1-3-42-28-18-16-26(17-19-28)20-22-37(23-21-33(38)39)35(41)32-11-7-5-9-30(32)29-8-4-6-10-31(29)34(40)36-24-27-14-12-25(2)13-15-27/h4-19H,3,20-24H2,1-2H3,(H,36,40)(H,38,39). The molecule has 2 amide bonds. The van der Waals surface area contributed by atoms with E-state index < -0.39 is 5.97 Å². The number of carboxylic acids is 1. The highest BCUT2D eigenvalue weighted by atomic mass is 16.5. The molecule has 0 saturated heterocycles. The Kier molecular flexibility index (Phi) is 10.5. The molecule has 216 valence electrons. The maximum Gasteiger partial charge on any atom is 0.305 e. The predicted molar refractivity (Wildman–Crippen MR) is 164 cm³/mol. The predicted octanol–water partition coefficient (Wildman–Crippen LogP) is 6.15. The average molecular weight is 565 g/mol. The van der Waals surface area contributed by atoms with E-state index in [2.05, 4.69) is 5.32 Å². The number of carbonyl (C=O) groups excluding carboxylic acids is 2. The summed E-state index contributed by atoms with van der Waals surface area (Å²) < 4.78 is 5.51. The monoisotopic (exact) mass is 564 g/mol. The number of carboxylic acid groups (broad SMARTS) is 1. The normalized spacial score (nSPS) is 10.6. The third-order valence-corrected chi connectivity index (χ3v) is 6.98. The van der Waals surface area contributed by atoms with Gasteiger partial charge < -0.3 is 20.1 Å². The van der Waals surface area contributed by atoms with Crippen molar-refractivity contribution < 1.29 is 24.2 Å². The molecule has 0 aliphatic heterocycles. The molecule has 0 aliphatic carbocycles. The van der Waals surface area contributed by atoms with Gasteiger partial charge >= 0.3 is 5.97 Å². The maximum absolute atomic E-state index is 13.9. The molecular formula is C35H36N2O5. The van der Waals surface area contributed by atoms with Crippen LogP contribution < -0.4 is 10.1 Å². The first-order chi connectivity index (χ1) is 20.4. The van der Waals surface area contributed by atoms with E-state index in [0.717, 1.165) is 22.4 Å². The fourth-order valence-electron chi connectivity index (χ4n) is 4.70. The lowest BCUT2D eigenvalue weighted by Crippen LogP contribution is -2.35. The van der Waals surface area contributed by atoms with Crippen molar-refractivity contribution in [3.8, 4) is 16.9 Å². The highest BCUT2D eigenvalue weighted by molar-refractivity contribution is 6.06. The molecule has 0 atom stereocenters. The Labute approximate surface area is 246 Å². The second-order valence-corrected chi connectivity index (χ2v) is 10.0. The van der Waals surface area contributed by atoms with Crippen LogP contribution in [0.25, 0.3) is 11.1 Å². The lowest BCUT2D eigenvalue weighted by molar-refractivity contribution is -0.137. The first-order valence-electron chi connectivity index (χ1n) is 14.1. The number of rotatable bonds is 13. The van der Waals surface area contributed by atoms with E-state index in [-0.39, 0.29) is 24.8 Å². The van der Waals surface area contributed by atoms with Crippen molar-refractivity contribution >= 4 is 17.8 Å². The number of hydrogen-bond acceptors (Lipinski definition) is 4. The maximum atomic E-state index is 13.9. The van der Waals surface area contributed by atoms with Crippen molar-refractivity contribution in [2.75, 3.05) is 19.7 Å². The molecule has 0 aromatic heterocycles. The molecule has 0 saturated carbocycles. The van der Waals surface area contributed by atoms with E-state index in [4.69, 9.17) is 4.74 Å². The van der Waals surface area contributed by atoms with Gasteiger partial charge in [0, 0.05) is 30.8 Å². The van der Waals surface area contributed by atoms with Gasteiger partial charge in [0.2, 0.25) is 0 Å². The van der Waals surface area contributed by atoms with Crippen LogP contribution in [0, 0.1) is 6.92 Å². The SMILES string of the molecule is CCOc1ccc(CCN(CCC(=O)O)C(=O)c2ccccc2-c2ccccc2C(=O)NCc2ccc(C)cc2)cc1. The quantitative estimate of drug-likeness (QED) is 0.203. The molecule has 0 heterocycles. The molecule has 0 spiro atoms. The highest BCUT2D eigenvalue weighted by Crippen LogP contribution is 2.28. The summed E-state index contributed by atoms with van der Waals surface area (Å²) in [5.41, 5.74) is 5.26. The van der Waals surface area contributed by atoms with Gasteiger partial charge in [-0.15, -0.1) is 0 Å². The first kappa shape index (κ1) is 30.1. The van der Waals surface area contributed by atoms with Crippen LogP contribution in [0.4, 0.5) is 0 Å². The van der Waals surface area contributed by atoms with Crippen molar-refractivity contribution in [2.45, 2.75) is 33.2 Å². The van der Waals surface area contributed by atoms with E-state index in [1.165, 1.54) is 0 Å². The molecule has 0 unspecified atom stereocenters. The number of nitrogens with zero attached hydrogens (tertiary/aromatic N) is 1. The van der Waals surface area contributed by atoms with Crippen LogP contribution in [0.15, 0.2) is 97.1 Å². The fraction of sp³-hybridized carbons (Fsp3) is 0.229. The lowest BCUT2D eigenvalue weighted by Gasteiger charge is -2.24. The minimum Gasteiger partial charge on any atom is -0.494 e. The zero-order chi connectivity index (χ0) is 29.9. The summed E-state index contributed by atoms with van der Waals surface area (Å²) in [5, 5.41) is 12.4. The van der Waals surface area contributed by atoms with Gasteiger partial charge in [-0.25, -0.2) is 0 Å². The molecule has 42 heavy (non-hydrogen) atoms. The summed E-state index contributed by atoms with van der Waals surface area (Å²) in [6.07, 6.45) is 0.382. The molecular weight excluding hydrogens is 528 g/mol. The summed E-state index contributed by atoms with van der Waals surface area (Å²) in [4.78, 5) is 40.3. The summed E-state index contributed by atoms with van der Waals surface area (Å²) in [6.45, 7) is 5.30. The van der Waals surface area contributed by atoms with E-state index in [1.807, 2.05) is 86.6 Å². The summed E-state index contributed by atoms with van der Waals surface area (Å²) >= 11 is 0. The number of hydrogen-bond donors (Lipinski definition) is 2. The first-order valence-corrected chi connectivity index (χ1v) is 14.1. The van der Waals surface area contributed by atoms with Gasteiger partial charge in [-0.1, -0.05) is 78.4 Å². The summed E-state index contributed by atoms with van der Waals surface area (Å²) in [5.74, 6) is -0.729. The van der Waals surface area contributed by atoms with Crippen LogP contribution >= 0.6 is 0 Å². The summed E-state index contributed by atoms with van der Waals surface area (Å²) in [7, 11) is 0. The topological polar surface area (TPSA) is 95.9 Å². The molecule has 2 N–H and O–H groups in total. The number of ether oxygens (including phenoxy) is 1. The van der Waals surface area contributed by atoms with Crippen molar-refractivity contribution in [1.29, 1.82) is 0 Å². The van der Waals surface area contributed by atoms with Gasteiger partial charge in [0.25, 0.3) is 11.8 Å². The minimum absolute atomic E-state index is 0.0677. The molecule has 0 radical (unpaired) electrons. The van der Waals surface area contributed by atoms with Gasteiger partial charge in [-0.3, -0.25) is 14.4 Å². The van der Waals surface area contributed by atoms with E-state index in [9.17, 15) is 19.5 Å². The van der Waals surface area contributed by atoms with Crippen LogP contribution in [0.1, 0.15) is 50.8 Å². The Bertz CT molecular complexity index is 1510. The average Bonchev–Trinajstić information content (AvgIpc) is 3.01. The molecule has 4 aromatic carbocycles. The van der Waals surface area contributed by atoms with Crippen molar-refractivity contribution in [2.24, 2.45) is 0 Å². The molecule has 4 aromatic rings. The number of benzene rings is 4. The van der Waals surface area contributed by atoms with Crippen LogP contribution in [0.3, 0.4) is 0 Å². The smallest absolute Gasteiger partial charge is 0.305 e. The second-order valence-electron chi connectivity index (χ2n) is 10.0. The number of nitrogens with one attached hydrogen (secondary N) is 1. The van der Waals surface area contributed by atoms with Crippen LogP contribution in [-0.4, -0.2) is 47.5 Å². The van der Waals surface area contributed by atoms with Gasteiger partial charge in [-0.2, -0.15) is 0 Å². The largest absolute Gasteiger partial charge is 0.494 e. The van der Waals surface area contributed by atoms with Crippen molar-refractivity contribution in [3.63, 3.8) is 0 Å². The van der Waals surface area contributed by atoms with Crippen LogP contribution in [-0.2, 0) is 17.8 Å². The third kappa shape index (κ3) is 8.07. The number of carbonyl (C=O) groups is 3. The van der Waals surface area contributed by atoms with Gasteiger partial charge in [-0.05, 0) is 66.8 Å². The zero-order valence-electron chi connectivity index (χ0n) is 24.0. The molecule has 0 fully saturated rings. The van der Waals surface area contributed by atoms with E-state index >= 15 is 0 Å². The fourth-order valence-corrected chi connectivity index (χ4v) is 4.70. The zero-order valence-corrected chi connectivity index (χ0v) is 24.0. The summed E-state index contributed by atoms with van der Waals surface area (Å²) in [6, 6.07) is 30.0. The second kappa shape index (κ2) is 14.6. The van der Waals surface area contributed by atoms with E-state index in [0.29, 0.717) is 48.4 Å². The Morgan fingerprint density at radius 3 is 2.00 bits per heavy atom. The molecule has 7 nitrogen and oxygen atoms in total. The van der Waals surface area contributed by atoms with Gasteiger partial charge in [0.05, 0.1) is 13.0 Å². The Morgan fingerprint density at radius 1 is 0.762 bits per heavy atom. The third-order valence-electron chi connectivity index (χ3n) is 6.98. The van der Waals surface area contributed by atoms with Crippen LogP contribution in [0.5, 0.6) is 5.75 Å². The number of aryl methyl sites for hydroxylation is 1. The Morgan fingerprint density at radius 2 is 1.36 bits per heavy atom. The molecule has 0 aliphatic rings. The minimum atomic E-state index is -0.974. The van der Waals surface area contributed by atoms with Gasteiger partial charge in [0.15, 0.2) is 0 Å². The Hall–Kier alpha value is -4.91. The Balaban J connectivity index is 1.57. The van der Waals surface area contributed by atoms with Crippen LogP contribution in [0.2, 0.25) is 0 Å². The van der Waals surface area contributed by atoms with Crippen molar-refractivity contribution in [1.82, 2.24) is 10.2 Å². The number of amides is 2. The lowest BCUT2D eigenvalue weighted by atomic mass is 9.94. The number of aliphatic carboxylic acids is 1. The molecule has 7 heteroatoms. The molecule has 0 bridgehead atoms.